The van der Waals surface area contributed by atoms with Gasteiger partial charge in [0, 0.05) is 17.4 Å². The van der Waals surface area contributed by atoms with Crippen molar-refractivity contribution in [3.63, 3.8) is 0 Å². The summed E-state index contributed by atoms with van der Waals surface area (Å²) in [4.78, 5) is 12.1. The van der Waals surface area contributed by atoms with E-state index < -0.39 is 0 Å². The molecule has 4 heteroatoms. The molecule has 0 saturated heterocycles. The summed E-state index contributed by atoms with van der Waals surface area (Å²) in [6.07, 6.45) is 3.14. The number of aliphatic hydroxyl groups is 1. The number of hydrogen-bond donors (Lipinski definition) is 2. The molecule has 0 aliphatic heterocycles. The predicted octanol–water partition coefficient (Wildman–Crippen LogP) is 2.97. The molecule has 1 aliphatic carbocycles. The van der Waals surface area contributed by atoms with Gasteiger partial charge in [-0.3, -0.25) is 4.79 Å². The lowest BCUT2D eigenvalue weighted by Gasteiger charge is -2.26. The van der Waals surface area contributed by atoms with Gasteiger partial charge >= 0.3 is 0 Å². The Kier molecular flexibility index (Phi) is 5.92. The summed E-state index contributed by atoms with van der Waals surface area (Å²) in [6.45, 7) is 2.15. The summed E-state index contributed by atoms with van der Waals surface area (Å²) >= 11 is 1.88. The van der Waals surface area contributed by atoms with Crippen LogP contribution in [0.25, 0.3) is 0 Å². The fraction of sp³-hybridized carbons (Fsp3) is 0.562. The summed E-state index contributed by atoms with van der Waals surface area (Å²) in [5.74, 6) is 2.11. The SMILES string of the molecule is CCSCc1ccc(C(=O)NC2CCC(O)CC2)cc1. The third-order valence-corrected chi connectivity index (χ3v) is 4.67. The van der Waals surface area contributed by atoms with E-state index in [9.17, 15) is 9.90 Å². The molecule has 1 aromatic carbocycles. The Balaban J connectivity index is 1.85. The number of benzene rings is 1. The van der Waals surface area contributed by atoms with Crippen molar-refractivity contribution in [2.24, 2.45) is 0 Å². The summed E-state index contributed by atoms with van der Waals surface area (Å²) < 4.78 is 0. The highest BCUT2D eigenvalue weighted by molar-refractivity contribution is 7.98. The minimum Gasteiger partial charge on any atom is -0.393 e. The number of amides is 1. The monoisotopic (exact) mass is 293 g/mol. The molecule has 0 radical (unpaired) electrons. The Bertz CT molecular complexity index is 425. The molecule has 0 bridgehead atoms. The number of aliphatic hydroxyl groups excluding tert-OH is 1. The first-order chi connectivity index (χ1) is 9.69. The van der Waals surface area contributed by atoms with Gasteiger partial charge in [-0.15, -0.1) is 0 Å². The van der Waals surface area contributed by atoms with Gasteiger partial charge in [-0.2, -0.15) is 11.8 Å². The molecule has 2 N–H and O–H groups in total. The van der Waals surface area contributed by atoms with Gasteiger partial charge in [-0.25, -0.2) is 0 Å². The van der Waals surface area contributed by atoms with Gasteiger partial charge in [-0.05, 0) is 49.1 Å². The Hall–Kier alpha value is -1.00. The van der Waals surface area contributed by atoms with E-state index in [1.807, 2.05) is 36.0 Å². The van der Waals surface area contributed by atoms with Gasteiger partial charge in [0.15, 0.2) is 0 Å². The van der Waals surface area contributed by atoms with E-state index in [1.165, 1.54) is 5.56 Å². The van der Waals surface area contributed by atoms with Crippen molar-refractivity contribution >= 4 is 17.7 Å². The van der Waals surface area contributed by atoms with Crippen LogP contribution in [0, 0.1) is 0 Å². The second kappa shape index (κ2) is 7.70. The molecule has 0 atom stereocenters. The van der Waals surface area contributed by atoms with Crippen LogP contribution in [0.4, 0.5) is 0 Å². The van der Waals surface area contributed by atoms with Gasteiger partial charge in [0.25, 0.3) is 5.91 Å². The standard InChI is InChI=1S/C16H23NO2S/c1-2-20-11-12-3-5-13(6-4-12)16(19)17-14-7-9-15(18)10-8-14/h3-6,14-15,18H,2,7-11H2,1H3,(H,17,19). The van der Waals surface area contributed by atoms with E-state index in [0.29, 0.717) is 0 Å². The molecule has 110 valence electrons. The lowest BCUT2D eigenvalue weighted by atomic mass is 9.93. The van der Waals surface area contributed by atoms with Crippen molar-refractivity contribution in [1.29, 1.82) is 0 Å². The maximum atomic E-state index is 12.1. The fourth-order valence-corrected chi connectivity index (χ4v) is 3.09. The molecule has 0 spiro atoms. The minimum absolute atomic E-state index is 0.00100. The number of thioether (sulfide) groups is 1. The van der Waals surface area contributed by atoms with Gasteiger partial charge in [0.2, 0.25) is 0 Å². The van der Waals surface area contributed by atoms with E-state index in [2.05, 4.69) is 12.2 Å². The molecule has 0 aromatic heterocycles. The number of hydrogen-bond acceptors (Lipinski definition) is 3. The second-order valence-corrected chi connectivity index (χ2v) is 6.59. The van der Waals surface area contributed by atoms with Crippen molar-refractivity contribution < 1.29 is 9.90 Å². The van der Waals surface area contributed by atoms with E-state index in [-0.39, 0.29) is 18.1 Å². The highest BCUT2D eigenvalue weighted by Gasteiger charge is 2.21. The molecule has 1 saturated carbocycles. The first-order valence-corrected chi connectivity index (χ1v) is 8.50. The largest absolute Gasteiger partial charge is 0.393 e. The van der Waals surface area contributed by atoms with Gasteiger partial charge in [-0.1, -0.05) is 19.1 Å². The summed E-state index contributed by atoms with van der Waals surface area (Å²) in [6, 6.07) is 8.07. The van der Waals surface area contributed by atoms with Crippen LogP contribution in [-0.4, -0.2) is 28.9 Å². The van der Waals surface area contributed by atoms with Crippen molar-refractivity contribution in [3.8, 4) is 0 Å². The third kappa shape index (κ3) is 4.53. The molecule has 0 unspecified atom stereocenters. The smallest absolute Gasteiger partial charge is 0.251 e. The quantitative estimate of drug-likeness (QED) is 0.877. The first-order valence-electron chi connectivity index (χ1n) is 7.34. The summed E-state index contributed by atoms with van der Waals surface area (Å²) in [7, 11) is 0. The number of carbonyl (C=O) groups excluding carboxylic acids is 1. The second-order valence-electron chi connectivity index (χ2n) is 5.31. The molecule has 2 rings (SSSR count). The van der Waals surface area contributed by atoms with Crippen LogP contribution >= 0.6 is 11.8 Å². The van der Waals surface area contributed by atoms with Gasteiger partial charge < -0.3 is 10.4 Å². The van der Waals surface area contributed by atoms with Gasteiger partial charge in [0.1, 0.15) is 0 Å². The molecule has 3 nitrogen and oxygen atoms in total. The van der Waals surface area contributed by atoms with E-state index >= 15 is 0 Å². The highest BCUT2D eigenvalue weighted by Crippen LogP contribution is 2.19. The van der Waals surface area contributed by atoms with E-state index in [0.717, 1.165) is 42.8 Å². The molecule has 1 aliphatic rings. The van der Waals surface area contributed by atoms with Gasteiger partial charge in [0.05, 0.1) is 6.10 Å². The average molecular weight is 293 g/mol. The van der Waals surface area contributed by atoms with Crippen LogP contribution in [0.2, 0.25) is 0 Å². The molecule has 1 amide bonds. The van der Waals surface area contributed by atoms with Crippen LogP contribution in [-0.2, 0) is 5.75 Å². The maximum Gasteiger partial charge on any atom is 0.251 e. The first kappa shape index (κ1) is 15.4. The normalized spacial score (nSPS) is 22.5. The molecule has 1 fully saturated rings. The average Bonchev–Trinajstić information content (AvgIpc) is 2.48. The van der Waals surface area contributed by atoms with Crippen LogP contribution in [0.3, 0.4) is 0 Å². The van der Waals surface area contributed by atoms with Crippen LogP contribution < -0.4 is 5.32 Å². The van der Waals surface area contributed by atoms with Crippen molar-refractivity contribution in [2.75, 3.05) is 5.75 Å². The summed E-state index contributed by atoms with van der Waals surface area (Å²) in [5, 5.41) is 12.5. The van der Waals surface area contributed by atoms with Crippen LogP contribution in [0.1, 0.15) is 48.5 Å². The zero-order valence-electron chi connectivity index (χ0n) is 12.0. The Labute approximate surface area is 125 Å². The number of rotatable bonds is 5. The van der Waals surface area contributed by atoms with Crippen LogP contribution in [0.5, 0.6) is 0 Å². The zero-order chi connectivity index (χ0) is 14.4. The topological polar surface area (TPSA) is 49.3 Å². The molecule has 0 heterocycles. The summed E-state index contributed by atoms with van der Waals surface area (Å²) in [5.41, 5.74) is 1.98. The number of carbonyl (C=O) groups is 1. The Morgan fingerprint density at radius 1 is 1.25 bits per heavy atom. The minimum atomic E-state index is -0.182. The Morgan fingerprint density at radius 3 is 2.50 bits per heavy atom. The van der Waals surface area contributed by atoms with E-state index in [1.54, 1.807) is 0 Å². The maximum absolute atomic E-state index is 12.1. The molecule has 20 heavy (non-hydrogen) atoms. The molecular weight excluding hydrogens is 270 g/mol. The fourth-order valence-electron chi connectivity index (χ4n) is 2.46. The van der Waals surface area contributed by atoms with Crippen LogP contribution in [0.15, 0.2) is 24.3 Å². The lowest BCUT2D eigenvalue weighted by Crippen LogP contribution is -2.38. The third-order valence-electron chi connectivity index (χ3n) is 3.72. The van der Waals surface area contributed by atoms with Crippen molar-refractivity contribution in [2.45, 2.75) is 50.5 Å². The zero-order valence-corrected chi connectivity index (χ0v) is 12.8. The lowest BCUT2D eigenvalue weighted by molar-refractivity contribution is 0.0867. The Morgan fingerprint density at radius 2 is 1.90 bits per heavy atom. The highest BCUT2D eigenvalue weighted by atomic mass is 32.2. The molecule has 1 aromatic rings. The van der Waals surface area contributed by atoms with Crippen molar-refractivity contribution in [1.82, 2.24) is 5.32 Å². The molecular formula is C16H23NO2S. The van der Waals surface area contributed by atoms with Crippen molar-refractivity contribution in [3.05, 3.63) is 35.4 Å². The van der Waals surface area contributed by atoms with E-state index in [4.69, 9.17) is 0 Å². The number of nitrogens with one attached hydrogen (secondary N) is 1. The predicted molar refractivity (Wildman–Crippen MR) is 84.0 cm³/mol.